The fraction of sp³-hybridized carbons (Fsp3) is 0.417. The minimum atomic E-state index is -0.626. The summed E-state index contributed by atoms with van der Waals surface area (Å²) in [4.78, 5) is 26.8. The van der Waals surface area contributed by atoms with Crippen LogP contribution in [0.4, 0.5) is 11.4 Å². The van der Waals surface area contributed by atoms with E-state index in [0.717, 1.165) is 37.1 Å². The summed E-state index contributed by atoms with van der Waals surface area (Å²) < 4.78 is 0. The van der Waals surface area contributed by atoms with Crippen molar-refractivity contribution in [2.45, 2.75) is 46.5 Å². The van der Waals surface area contributed by atoms with E-state index in [0.29, 0.717) is 18.7 Å². The second-order valence-corrected chi connectivity index (χ2v) is 7.76. The Morgan fingerprint density at radius 3 is 2.72 bits per heavy atom. The van der Waals surface area contributed by atoms with Crippen molar-refractivity contribution in [3.63, 3.8) is 0 Å². The zero-order chi connectivity index (χ0) is 20.8. The molecule has 0 atom stereocenters. The molecule has 0 spiro atoms. The minimum absolute atomic E-state index is 0.441. The van der Waals surface area contributed by atoms with Crippen molar-refractivity contribution in [1.29, 1.82) is 0 Å². The normalized spacial score (nSPS) is 13.0. The van der Waals surface area contributed by atoms with Gasteiger partial charge >= 0.3 is 11.8 Å². The third kappa shape index (κ3) is 5.17. The number of carbonyl (C=O) groups excluding carboxylic acids is 2. The summed E-state index contributed by atoms with van der Waals surface area (Å²) in [6, 6.07) is 12.2. The molecule has 2 aromatic rings. The van der Waals surface area contributed by atoms with Crippen LogP contribution in [0.5, 0.6) is 0 Å². The summed E-state index contributed by atoms with van der Waals surface area (Å²) in [5, 5.41) is 5.43. The van der Waals surface area contributed by atoms with Crippen molar-refractivity contribution in [3.05, 3.63) is 58.7 Å². The molecule has 0 saturated heterocycles. The molecule has 154 valence electrons. The van der Waals surface area contributed by atoms with Gasteiger partial charge in [0.1, 0.15) is 0 Å². The Morgan fingerprint density at radius 2 is 1.93 bits per heavy atom. The smallest absolute Gasteiger partial charge is 0.313 e. The zero-order valence-electron chi connectivity index (χ0n) is 17.7. The topological polar surface area (TPSA) is 61.4 Å². The average molecular weight is 394 g/mol. The number of hydrogen-bond donors (Lipinski definition) is 2. The van der Waals surface area contributed by atoms with Gasteiger partial charge in [0.2, 0.25) is 0 Å². The molecule has 0 fully saturated rings. The highest BCUT2D eigenvalue weighted by Gasteiger charge is 2.17. The number of hydrogen-bond acceptors (Lipinski definition) is 3. The van der Waals surface area contributed by atoms with E-state index in [4.69, 9.17) is 0 Å². The molecule has 2 N–H and O–H groups in total. The van der Waals surface area contributed by atoms with Crippen LogP contribution in [-0.2, 0) is 22.4 Å². The second-order valence-electron chi connectivity index (χ2n) is 7.76. The number of carbonyl (C=O) groups is 2. The lowest BCUT2D eigenvalue weighted by Gasteiger charge is -2.31. The van der Waals surface area contributed by atoms with Crippen LogP contribution in [0, 0.1) is 13.8 Å². The fourth-order valence-corrected chi connectivity index (χ4v) is 3.85. The Balaban J connectivity index is 1.52. The van der Waals surface area contributed by atoms with Gasteiger partial charge in [0.25, 0.3) is 0 Å². The number of rotatable bonds is 6. The first-order valence-electron chi connectivity index (χ1n) is 10.5. The Bertz CT molecular complexity index is 892. The summed E-state index contributed by atoms with van der Waals surface area (Å²) in [7, 11) is 0. The van der Waals surface area contributed by atoms with Crippen molar-refractivity contribution < 1.29 is 9.59 Å². The van der Waals surface area contributed by atoms with Crippen molar-refractivity contribution >= 4 is 23.2 Å². The molecule has 0 aliphatic carbocycles. The van der Waals surface area contributed by atoms with Gasteiger partial charge in [-0.2, -0.15) is 0 Å². The first kappa shape index (κ1) is 20.9. The molecule has 0 aromatic heterocycles. The van der Waals surface area contributed by atoms with Crippen molar-refractivity contribution in [3.8, 4) is 0 Å². The third-order valence-corrected chi connectivity index (χ3v) is 5.61. The van der Waals surface area contributed by atoms with Crippen molar-refractivity contribution in [1.82, 2.24) is 5.32 Å². The van der Waals surface area contributed by atoms with Crippen LogP contribution in [0.3, 0.4) is 0 Å². The Hall–Kier alpha value is -2.82. The van der Waals surface area contributed by atoms with Crippen LogP contribution in [-0.4, -0.2) is 31.4 Å². The standard InChI is InChI=1S/C24H31N3O2/c1-4-14-27-15-6-8-20-16-19(10-11-22(20)27)12-13-25-23(28)24(29)26-21-9-5-7-17(2)18(21)3/h5,7,9-11,16H,4,6,8,12-15H2,1-3H3,(H,25,28)(H,26,29). The maximum absolute atomic E-state index is 12.2. The summed E-state index contributed by atoms with van der Waals surface area (Å²) in [5.74, 6) is -1.22. The molecular weight excluding hydrogens is 362 g/mol. The molecule has 5 nitrogen and oxygen atoms in total. The van der Waals surface area contributed by atoms with E-state index in [9.17, 15) is 9.59 Å². The summed E-state index contributed by atoms with van der Waals surface area (Å²) in [6.45, 7) is 8.79. The molecule has 3 rings (SSSR count). The van der Waals surface area contributed by atoms with E-state index in [1.54, 1.807) is 0 Å². The van der Waals surface area contributed by atoms with Gasteiger partial charge in [-0.1, -0.05) is 31.2 Å². The van der Waals surface area contributed by atoms with Crippen LogP contribution in [0.15, 0.2) is 36.4 Å². The molecule has 0 unspecified atom stereocenters. The monoisotopic (exact) mass is 393 g/mol. The van der Waals surface area contributed by atoms with Crippen molar-refractivity contribution in [2.75, 3.05) is 29.9 Å². The number of nitrogens with one attached hydrogen (secondary N) is 2. The molecule has 1 aliphatic rings. The maximum atomic E-state index is 12.2. The van der Waals surface area contributed by atoms with E-state index >= 15 is 0 Å². The molecule has 0 bridgehead atoms. The lowest BCUT2D eigenvalue weighted by atomic mass is 9.98. The van der Waals surface area contributed by atoms with Crippen LogP contribution >= 0.6 is 0 Å². The predicted octanol–water partition coefficient (Wildman–Crippen LogP) is 3.76. The number of benzene rings is 2. The van der Waals surface area contributed by atoms with Crippen LogP contribution in [0.25, 0.3) is 0 Å². The molecule has 29 heavy (non-hydrogen) atoms. The Labute approximate surface area is 173 Å². The van der Waals surface area contributed by atoms with Crippen LogP contribution in [0.1, 0.15) is 42.0 Å². The number of nitrogens with zero attached hydrogens (tertiary/aromatic N) is 1. The number of amides is 2. The average Bonchev–Trinajstić information content (AvgIpc) is 2.71. The van der Waals surface area contributed by atoms with Gasteiger partial charge in [0, 0.05) is 31.0 Å². The van der Waals surface area contributed by atoms with Gasteiger partial charge in [-0.3, -0.25) is 9.59 Å². The van der Waals surface area contributed by atoms with E-state index in [2.05, 4.69) is 40.7 Å². The highest BCUT2D eigenvalue weighted by Crippen LogP contribution is 2.28. The highest BCUT2D eigenvalue weighted by atomic mass is 16.2. The van der Waals surface area contributed by atoms with Gasteiger partial charge < -0.3 is 15.5 Å². The lowest BCUT2D eigenvalue weighted by molar-refractivity contribution is -0.136. The summed E-state index contributed by atoms with van der Waals surface area (Å²) in [5.41, 5.74) is 6.65. The molecule has 2 amide bonds. The summed E-state index contributed by atoms with van der Waals surface area (Å²) in [6.07, 6.45) is 4.15. The second kappa shape index (κ2) is 9.59. The molecule has 1 aliphatic heterocycles. The van der Waals surface area contributed by atoms with E-state index in [1.165, 1.54) is 23.2 Å². The van der Waals surface area contributed by atoms with Crippen LogP contribution in [0.2, 0.25) is 0 Å². The van der Waals surface area contributed by atoms with Gasteiger partial charge in [0.05, 0.1) is 0 Å². The van der Waals surface area contributed by atoms with E-state index in [1.807, 2.05) is 32.0 Å². The molecule has 1 heterocycles. The van der Waals surface area contributed by atoms with E-state index in [-0.39, 0.29) is 0 Å². The van der Waals surface area contributed by atoms with Gasteiger partial charge in [0.15, 0.2) is 0 Å². The van der Waals surface area contributed by atoms with Crippen molar-refractivity contribution in [2.24, 2.45) is 0 Å². The molecule has 2 aromatic carbocycles. The van der Waals surface area contributed by atoms with Gasteiger partial charge in [-0.25, -0.2) is 0 Å². The number of anilines is 2. The lowest BCUT2D eigenvalue weighted by Crippen LogP contribution is -2.36. The SMILES string of the molecule is CCCN1CCCc2cc(CCNC(=O)C(=O)Nc3cccc(C)c3C)ccc21. The van der Waals surface area contributed by atoms with E-state index < -0.39 is 11.8 Å². The molecular formula is C24H31N3O2. The Kier molecular flexibility index (Phi) is 6.91. The first-order chi connectivity index (χ1) is 14.0. The molecule has 0 radical (unpaired) electrons. The first-order valence-corrected chi connectivity index (χ1v) is 10.5. The number of aryl methyl sites for hydroxylation is 2. The largest absolute Gasteiger partial charge is 0.371 e. The number of fused-ring (bicyclic) bond motifs is 1. The summed E-state index contributed by atoms with van der Waals surface area (Å²) >= 11 is 0. The van der Waals surface area contributed by atoms with Gasteiger partial charge in [-0.05, 0) is 73.9 Å². The highest BCUT2D eigenvalue weighted by molar-refractivity contribution is 6.39. The minimum Gasteiger partial charge on any atom is -0.371 e. The van der Waals surface area contributed by atoms with Gasteiger partial charge in [-0.15, -0.1) is 0 Å². The fourth-order valence-electron chi connectivity index (χ4n) is 3.85. The predicted molar refractivity (Wildman–Crippen MR) is 119 cm³/mol. The molecule has 5 heteroatoms. The quantitative estimate of drug-likeness (QED) is 0.735. The van der Waals surface area contributed by atoms with Crippen LogP contribution < -0.4 is 15.5 Å². The zero-order valence-corrected chi connectivity index (χ0v) is 17.7. The Morgan fingerprint density at radius 1 is 1.10 bits per heavy atom. The molecule has 0 saturated carbocycles. The third-order valence-electron chi connectivity index (χ3n) is 5.61. The maximum Gasteiger partial charge on any atom is 0.313 e.